The molecule has 0 saturated carbocycles. The molecule has 1 aliphatic rings. The normalized spacial score (nSPS) is 14.2. The van der Waals surface area contributed by atoms with E-state index in [1.807, 2.05) is 23.1 Å². The van der Waals surface area contributed by atoms with Crippen LogP contribution in [0.5, 0.6) is 11.5 Å². The van der Waals surface area contributed by atoms with Crippen LogP contribution in [0, 0.1) is 0 Å². The van der Waals surface area contributed by atoms with Gasteiger partial charge in [0.1, 0.15) is 0 Å². The Labute approximate surface area is 174 Å². The van der Waals surface area contributed by atoms with E-state index in [1.54, 1.807) is 14.2 Å². The summed E-state index contributed by atoms with van der Waals surface area (Å²) in [4.78, 5) is 17.1. The van der Waals surface area contributed by atoms with Gasteiger partial charge in [0.25, 0.3) is 0 Å². The van der Waals surface area contributed by atoms with E-state index in [2.05, 4.69) is 43.0 Å². The molecule has 2 aromatic rings. The lowest BCUT2D eigenvalue weighted by Gasteiger charge is -2.37. The maximum atomic E-state index is 12.7. The van der Waals surface area contributed by atoms with Crippen molar-refractivity contribution >= 4 is 11.6 Å². The molecule has 1 saturated heterocycles. The fourth-order valence-electron chi connectivity index (χ4n) is 3.91. The van der Waals surface area contributed by atoms with Crippen LogP contribution < -0.4 is 14.4 Å². The summed E-state index contributed by atoms with van der Waals surface area (Å²) in [5, 5.41) is 0. The van der Waals surface area contributed by atoms with Crippen LogP contribution in [-0.4, -0.2) is 51.2 Å². The number of hydrogen-bond acceptors (Lipinski definition) is 4. The third-order valence-corrected chi connectivity index (χ3v) is 5.61. The van der Waals surface area contributed by atoms with Crippen molar-refractivity contribution in [3.63, 3.8) is 0 Å². The predicted octanol–water partition coefficient (Wildman–Crippen LogP) is 4.11. The van der Waals surface area contributed by atoms with Crippen LogP contribution in [0.15, 0.2) is 42.5 Å². The lowest BCUT2D eigenvalue weighted by atomic mass is 10.00. The van der Waals surface area contributed by atoms with Gasteiger partial charge in [-0.3, -0.25) is 4.79 Å². The second kappa shape index (κ2) is 9.68. The monoisotopic (exact) mass is 396 g/mol. The van der Waals surface area contributed by atoms with E-state index >= 15 is 0 Å². The Balaban J connectivity index is 1.54. The van der Waals surface area contributed by atoms with Gasteiger partial charge < -0.3 is 19.3 Å². The zero-order valence-electron chi connectivity index (χ0n) is 18.0. The topological polar surface area (TPSA) is 42.0 Å². The standard InChI is InChI=1S/C24H32N2O3/c1-18(2)20-7-5-6-8-21(20)25-13-15-26(16-14-25)24(27)12-10-19-9-11-22(28-3)23(17-19)29-4/h5-9,11,17-18H,10,12-16H2,1-4H3. The van der Waals surface area contributed by atoms with E-state index in [1.165, 1.54) is 11.3 Å². The van der Waals surface area contributed by atoms with Crippen molar-refractivity contribution in [3.05, 3.63) is 53.6 Å². The Morgan fingerprint density at radius 3 is 2.31 bits per heavy atom. The highest BCUT2D eigenvalue weighted by atomic mass is 16.5. The summed E-state index contributed by atoms with van der Waals surface area (Å²) in [6, 6.07) is 14.4. The van der Waals surface area contributed by atoms with E-state index in [-0.39, 0.29) is 5.91 Å². The summed E-state index contributed by atoms with van der Waals surface area (Å²) in [6.45, 7) is 7.77. The van der Waals surface area contributed by atoms with E-state index < -0.39 is 0 Å². The van der Waals surface area contributed by atoms with E-state index in [4.69, 9.17) is 9.47 Å². The number of ether oxygens (including phenoxy) is 2. The molecule has 2 aromatic carbocycles. The van der Waals surface area contributed by atoms with Crippen molar-refractivity contribution in [2.75, 3.05) is 45.3 Å². The molecule has 0 bridgehead atoms. The highest BCUT2D eigenvalue weighted by Crippen LogP contribution is 2.29. The first-order valence-corrected chi connectivity index (χ1v) is 10.4. The number of hydrogen-bond donors (Lipinski definition) is 0. The molecule has 0 unspecified atom stereocenters. The van der Waals surface area contributed by atoms with Gasteiger partial charge in [-0.05, 0) is 41.7 Å². The number of carbonyl (C=O) groups excluding carboxylic acids is 1. The molecular weight excluding hydrogens is 364 g/mol. The molecule has 0 aromatic heterocycles. The third-order valence-electron chi connectivity index (χ3n) is 5.61. The van der Waals surface area contributed by atoms with Crippen LogP contribution in [0.3, 0.4) is 0 Å². The molecule has 156 valence electrons. The minimum absolute atomic E-state index is 0.219. The van der Waals surface area contributed by atoms with E-state index in [9.17, 15) is 4.79 Å². The minimum atomic E-state index is 0.219. The smallest absolute Gasteiger partial charge is 0.223 e. The molecule has 29 heavy (non-hydrogen) atoms. The molecule has 0 N–H and O–H groups in total. The molecular formula is C24H32N2O3. The molecule has 0 spiro atoms. The second-order valence-corrected chi connectivity index (χ2v) is 7.77. The first-order chi connectivity index (χ1) is 14.0. The molecule has 1 heterocycles. The first kappa shape index (κ1) is 21.0. The molecule has 0 radical (unpaired) electrons. The number of rotatable bonds is 7. The average Bonchev–Trinajstić information content (AvgIpc) is 2.77. The van der Waals surface area contributed by atoms with E-state index in [0.29, 0.717) is 30.3 Å². The van der Waals surface area contributed by atoms with Crippen molar-refractivity contribution in [2.24, 2.45) is 0 Å². The zero-order valence-corrected chi connectivity index (χ0v) is 18.0. The van der Waals surface area contributed by atoms with Crippen molar-refractivity contribution in [1.29, 1.82) is 0 Å². The summed E-state index contributed by atoms with van der Waals surface area (Å²) in [5.74, 6) is 2.12. The number of para-hydroxylation sites is 1. The van der Waals surface area contributed by atoms with E-state index in [0.717, 1.165) is 31.7 Å². The zero-order chi connectivity index (χ0) is 20.8. The molecule has 0 aliphatic carbocycles. The van der Waals surface area contributed by atoms with Crippen LogP contribution in [0.1, 0.15) is 37.3 Å². The maximum Gasteiger partial charge on any atom is 0.223 e. The fourth-order valence-corrected chi connectivity index (χ4v) is 3.91. The Bertz CT molecular complexity index is 827. The highest BCUT2D eigenvalue weighted by Gasteiger charge is 2.23. The lowest BCUT2D eigenvalue weighted by molar-refractivity contribution is -0.131. The van der Waals surface area contributed by atoms with Crippen molar-refractivity contribution < 1.29 is 14.3 Å². The van der Waals surface area contributed by atoms with Gasteiger partial charge in [-0.15, -0.1) is 0 Å². The summed E-state index contributed by atoms with van der Waals surface area (Å²) < 4.78 is 10.6. The Hall–Kier alpha value is -2.69. The summed E-state index contributed by atoms with van der Waals surface area (Å²) in [5.41, 5.74) is 3.76. The van der Waals surface area contributed by atoms with Gasteiger partial charge in [0.15, 0.2) is 11.5 Å². The Morgan fingerprint density at radius 1 is 0.966 bits per heavy atom. The molecule has 3 rings (SSSR count). The van der Waals surface area contributed by atoms with Gasteiger partial charge in [0, 0.05) is 38.3 Å². The number of methoxy groups -OCH3 is 2. The third kappa shape index (κ3) is 5.03. The second-order valence-electron chi connectivity index (χ2n) is 7.77. The van der Waals surface area contributed by atoms with Gasteiger partial charge in [0.2, 0.25) is 5.91 Å². The van der Waals surface area contributed by atoms with Crippen LogP contribution >= 0.6 is 0 Å². The summed E-state index contributed by atoms with van der Waals surface area (Å²) in [7, 11) is 3.25. The maximum absolute atomic E-state index is 12.7. The largest absolute Gasteiger partial charge is 0.493 e. The van der Waals surface area contributed by atoms with Crippen molar-refractivity contribution in [2.45, 2.75) is 32.6 Å². The number of amides is 1. The average molecular weight is 397 g/mol. The van der Waals surface area contributed by atoms with Crippen molar-refractivity contribution in [1.82, 2.24) is 4.90 Å². The van der Waals surface area contributed by atoms with Crippen LogP contribution in [0.4, 0.5) is 5.69 Å². The van der Waals surface area contributed by atoms with Gasteiger partial charge in [-0.25, -0.2) is 0 Å². The summed E-state index contributed by atoms with van der Waals surface area (Å²) in [6.07, 6.45) is 1.22. The minimum Gasteiger partial charge on any atom is -0.493 e. The molecule has 1 aliphatic heterocycles. The SMILES string of the molecule is COc1ccc(CCC(=O)N2CCN(c3ccccc3C(C)C)CC2)cc1OC. The molecule has 5 heteroatoms. The van der Waals surface area contributed by atoms with Crippen LogP contribution in [-0.2, 0) is 11.2 Å². The molecule has 1 amide bonds. The number of benzene rings is 2. The van der Waals surface area contributed by atoms with Gasteiger partial charge in [-0.1, -0.05) is 38.1 Å². The van der Waals surface area contributed by atoms with Gasteiger partial charge in [0.05, 0.1) is 14.2 Å². The molecule has 0 atom stereocenters. The predicted molar refractivity (Wildman–Crippen MR) is 117 cm³/mol. The molecule has 1 fully saturated rings. The number of aryl methyl sites for hydroxylation is 1. The highest BCUT2D eigenvalue weighted by molar-refractivity contribution is 5.77. The lowest BCUT2D eigenvalue weighted by Crippen LogP contribution is -2.49. The number of piperazine rings is 1. The quantitative estimate of drug-likeness (QED) is 0.706. The fraction of sp³-hybridized carbons (Fsp3) is 0.458. The first-order valence-electron chi connectivity index (χ1n) is 10.4. The number of carbonyl (C=O) groups is 1. The Morgan fingerprint density at radius 2 is 1.66 bits per heavy atom. The van der Waals surface area contributed by atoms with Gasteiger partial charge >= 0.3 is 0 Å². The number of nitrogens with zero attached hydrogens (tertiary/aromatic N) is 2. The Kier molecular flexibility index (Phi) is 7.02. The summed E-state index contributed by atoms with van der Waals surface area (Å²) >= 11 is 0. The van der Waals surface area contributed by atoms with Crippen molar-refractivity contribution in [3.8, 4) is 11.5 Å². The van der Waals surface area contributed by atoms with Crippen LogP contribution in [0.2, 0.25) is 0 Å². The molecule has 5 nitrogen and oxygen atoms in total. The van der Waals surface area contributed by atoms with Gasteiger partial charge in [-0.2, -0.15) is 0 Å². The number of anilines is 1. The van der Waals surface area contributed by atoms with Crippen LogP contribution in [0.25, 0.3) is 0 Å².